The van der Waals surface area contributed by atoms with Gasteiger partial charge in [-0.1, -0.05) is 23.9 Å². The molecule has 1 unspecified atom stereocenters. The van der Waals surface area contributed by atoms with Crippen LogP contribution < -0.4 is 14.8 Å². The second-order valence-electron chi connectivity index (χ2n) is 6.58. The van der Waals surface area contributed by atoms with Gasteiger partial charge in [0.2, 0.25) is 15.9 Å². The van der Waals surface area contributed by atoms with Crippen LogP contribution in [0.15, 0.2) is 47.4 Å². The van der Waals surface area contributed by atoms with Gasteiger partial charge in [-0.3, -0.25) is 14.9 Å². The summed E-state index contributed by atoms with van der Waals surface area (Å²) in [6.45, 7) is -0.191. The number of benzene rings is 2. The van der Waals surface area contributed by atoms with E-state index in [-0.39, 0.29) is 17.9 Å². The molecule has 31 heavy (non-hydrogen) atoms. The third-order valence-corrected chi connectivity index (χ3v) is 6.88. The van der Waals surface area contributed by atoms with Crippen LogP contribution in [0.2, 0.25) is 0 Å². The Hall–Kier alpha value is -2.57. The summed E-state index contributed by atoms with van der Waals surface area (Å²) in [6.07, 6.45) is -4.31. The van der Waals surface area contributed by atoms with Gasteiger partial charge in [-0.15, -0.1) is 0 Å². The summed E-state index contributed by atoms with van der Waals surface area (Å²) in [6, 6.07) is 8.10. The van der Waals surface area contributed by atoms with Crippen molar-refractivity contribution in [3.8, 4) is 5.75 Å². The first-order chi connectivity index (χ1) is 14.5. The highest BCUT2D eigenvalue weighted by atomic mass is 32.2. The zero-order valence-electron chi connectivity index (χ0n) is 16.0. The molecule has 12 heteroatoms. The molecule has 0 aromatic heterocycles. The van der Waals surface area contributed by atoms with Crippen LogP contribution in [-0.4, -0.2) is 31.9 Å². The maximum atomic E-state index is 12.7. The number of alkyl halides is 3. The number of carbonyl (C=O) groups excluding carboxylic acids is 2. The Morgan fingerprint density at radius 3 is 2.35 bits per heavy atom. The van der Waals surface area contributed by atoms with E-state index in [1.165, 1.54) is 7.11 Å². The number of imide groups is 1. The normalized spacial score (nSPS) is 17.0. The molecule has 2 amide bonds. The first-order valence-electron chi connectivity index (χ1n) is 8.84. The summed E-state index contributed by atoms with van der Waals surface area (Å²) in [5.41, 5.74) is 0.199. The van der Waals surface area contributed by atoms with Crippen LogP contribution in [0, 0.1) is 0 Å². The van der Waals surface area contributed by atoms with Crippen LogP contribution in [0.5, 0.6) is 5.75 Å². The van der Waals surface area contributed by atoms with Crippen LogP contribution in [0.1, 0.15) is 16.7 Å². The molecule has 2 N–H and O–H groups in total. The quantitative estimate of drug-likeness (QED) is 0.640. The molecule has 3 rings (SSSR count). The van der Waals surface area contributed by atoms with Crippen molar-refractivity contribution in [1.82, 2.24) is 10.0 Å². The van der Waals surface area contributed by atoms with E-state index < -0.39 is 38.2 Å². The van der Waals surface area contributed by atoms with E-state index in [0.717, 1.165) is 23.9 Å². The SMILES string of the molecule is COc1ccc(CC2SC(=O)NC2=O)cc1CNS(=O)(=O)c1ccc(C(F)(F)F)cc1. The highest BCUT2D eigenvalue weighted by Crippen LogP contribution is 2.30. The molecule has 1 aliphatic heterocycles. The van der Waals surface area contributed by atoms with Crippen molar-refractivity contribution in [2.75, 3.05) is 7.11 Å². The predicted octanol–water partition coefficient (Wildman–Crippen LogP) is 3.09. The van der Waals surface area contributed by atoms with Crippen LogP contribution >= 0.6 is 11.8 Å². The Morgan fingerprint density at radius 1 is 1.13 bits per heavy atom. The molecule has 0 aliphatic carbocycles. The van der Waals surface area contributed by atoms with Crippen molar-refractivity contribution in [3.63, 3.8) is 0 Å². The predicted molar refractivity (Wildman–Crippen MR) is 107 cm³/mol. The number of nitrogens with one attached hydrogen (secondary N) is 2. The Morgan fingerprint density at radius 2 is 1.81 bits per heavy atom. The minimum absolute atomic E-state index is 0.191. The molecule has 1 atom stereocenters. The molecule has 0 bridgehead atoms. The first kappa shape index (κ1) is 23.1. The van der Waals surface area contributed by atoms with Gasteiger partial charge >= 0.3 is 6.18 Å². The first-order valence-corrected chi connectivity index (χ1v) is 11.2. The number of halogens is 3. The van der Waals surface area contributed by atoms with Crippen LogP contribution in [0.3, 0.4) is 0 Å². The zero-order valence-corrected chi connectivity index (χ0v) is 17.7. The summed E-state index contributed by atoms with van der Waals surface area (Å²) in [7, 11) is -2.68. The van der Waals surface area contributed by atoms with Gasteiger partial charge in [0.1, 0.15) is 5.75 Å². The lowest BCUT2D eigenvalue weighted by Gasteiger charge is -2.13. The van der Waals surface area contributed by atoms with Gasteiger partial charge < -0.3 is 4.74 Å². The Kier molecular flexibility index (Phi) is 6.62. The van der Waals surface area contributed by atoms with E-state index in [0.29, 0.717) is 29.0 Å². The summed E-state index contributed by atoms with van der Waals surface area (Å²) >= 11 is 0.880. The van der Waals surface area contributed by atoms with E-state index in [4.69, 9.17) is 4.74 Å². The molecule has 1 heterocycles. The van der Waals surface area contributed by atoms with Crippen LogP contribution in [-0.2, 0) is 34.0 Å². The van der Waals surface area contributed by atoms with E-state index >= 15 is 0 Å². The minimum atomic E-state index is -4.57. The molecule has 166 valence electrons. The highest BCUT2D eigenvalue weighted by molar-refractivity contribution is 8.15. The molecule has 2 aromatic rings. The van der Waals surface area contributed by atoms with Crippen LogP contribution in [0.4, 0.5) is 18.0 Å². The Bertz CT molecular complexity index is 1100. The summed E-state index contributed by atoms with van der Waals surface area (Å²) in [4.78, 5) is 22.8. The summed E-state index contributed by atoms with van der Waals surface area (Å²) in [5.74, 6) is -0.00570. The maximum absolute atomic E-state index is 12.7. The van der Waals surface area contributed by atoms with Crippen LogP contribution in [0.25, 0.3) is 0 Å². The molecule has 0 spiro atoms. The number of carbonyl (C=O) groups is 2. The summed E-state index contributed by atoms with van der Waals surface area (Å²) < 4.78 is 70.6. The highest BCUT2D eigenvalue weighted by Gasteiger charge is 2.32. The molecule has 2 aromatic carbocycles. The number of rotatable bonds is 7. The second kappa shape index (κ2) is 8.89. The molecule has 0 saturated carbocycles. The number of ether oxygens (including phenoxy) is 1. The molecule has 7 nitrogen and oxygen atoms in total. The summed E-state index contributed by atoms with van der Waals surface area (Å²) in [5, 5.41) is 1.19. The number of amides is 2. The molecule has 1 fully saturated rings. The van der Waals surface area contributed by atoms with E-state index in [9.17, 15) is 31.2 Å². The van der Waals surface area contributed by atoms with Crippen molar-refractivity contribution >= 4 is 32.9 Å². The molecular formula is C19H17F3N2O5S2. The Balaban J connectivity index is 1.75. The van der Waals surface area contributed by atoms with Gasteiger partial charge in [0.05, 0.1) is 22.8 Å². The van der Waals surface area contributed by atoms with Crippen molar-refractivity contribution in [2.45, 2.75) is 29.3 Å². The Labute approximate surface area is 180 Å². The fourth-order valence-corrected chi connectivity index (χ4v) is 4.78. The molecule has 1 aliphatic rings. The van der Waals surface area contributed by atoms with Crippen molar-refractivity contribution in [1.29, 1.82) is 0 Å². The third-order valence-electron chi connectivity index (χ3n) is 4.48. The van der Waals surface area contributed by atoms with Gasteiger partial charge in [0.15, 0.2) is 0 Å². The lowest BCUT2D eigenvalue weighted by molar-refractivity contribution is -0.137. The van der Waals surface area contributed by atoms with Gasteiger partial charge in [-0.2, -0.15) is 13.2 Å². The standard InChI is InChI=1S/C19H17F3N2O5S2/c1-29-15-7-2-11(9-16-17(25)24-18(26)30-16)8-12(15)10-23-31(27,28)14-5-3-13(4-6-14)19(20,21)22/h2-8,16,23H,9-10H2,1H3,(H,24,25,26). The lowest BCUT2D eigenvalue weighted by Crippen LogP contribution is -2.25. The largest absolute Gasteiger partial charge is 0.496 e. The monoisotopic (exact) mass is 474 g/mol. The van der Waals surface area contributed by atoms with Gasteiger partial charge in [0.25, 0.3) is 5.24 Å². The van der Waals surface area contributed by atoms with E-state index in [2.05, 4.69) is 10.0 Å². The van der Waals surface area contributed by atoms with Gasteiger partial charge in [-0.05, 0) is 42.3 Å². The molecule has 0 radical (unpaired) electrons. The zero-order chi connectivity index (χ0) is 22.8. The maximum Gasteiger partial charge on any atom is 0.416 e. The second-order valence-corrected chi connectivity index (χ2v) is 9.52. The lowest BCUT2D eigenvalue weighted by atomic mass is 10.0. The average molecular weight is 474 g/mol. The number of methoxy groups -OCH3 is 1. The number of sulfonamides is 1. The van der Waals surface area contributed by atoms with Gasteiger partial charge in [-0.25, -0.2) is 13.1 Å². The smallest absolute Gasteiger partial charge is 0.416 e. The minimum Gasteiger partial charge on any atom is -0.496 e. The van der Waals surface area contributed by atoms with E-state index in [1.807, 2.05) is 0 Å². The molecule has 1 saturated heterocycles. The average Bonchev–Trinajstić information content (AvgIpc) is 3.02. The molecular weight excluding hydrogens is 457 g/mol. The fourth-order valence-electron chi connectivity index (χ4n) is 2.92. The number of hydrogen-bond donors (Lipinski definition) is 2. The number of hydrogen-bond acceptors (Lipinski definition) is 6. The van der Waals surface area contributed by atoms with E-state index in [1.54, 1.807) is 18.2 Å². The van der Waals surface area contributed by atoms with Gasteiger partial charge in [0, 0.05) is 12.1 Å². The van der Waals surface area contributed by atoms with Crippen molar-refractivity contribution in [3.05, 3.63) is 59.2 Å². The fraction of sp³-hybridized carbons (Fsp3) is 0.263. The topological polar surface area (TPSA) is 102 Å². The van der Waals surface area contributed by atoms with Crippen molar-refractivity contribution in [2.24, 2.45) is 0 Å². The number of thioether (sulfide) groups is 1. The van der Waals surface area contributed by atoms with Crippen molar-refractivity contribution < 1.29 is 35.9 Å². The third kappa shape index (κ3) is 5.57.